The number of carboxylic acids is 1. The molecule has 108 valence electrons. The van der Waals surface area contributed by atoms with Crippen LogP contribution in [-0.4, -0.2) is 21.9 Å². The van der Waals surface area contributed by atoms with E-state index in [1.54, 1.807) is 19.1 Å². The van der Waals surface area contributed by atoms with E-state index in [0.717, 1.165) is 17.4 Å². The van der Waals surface area contributed by atoms with Gasteiger partial charge in [-0.2, -0.15) is 0 Å². The molecule has 8 heteroatoms. The third-order valence-electron chi connectivity index (χ3n) is 2.76. The number of aromatic carboxylic acids is 1. The first kappa shape index (κ1) is 14.7. The summed E-state index contributed by atoms with van der Waals surface area (Å²) in [6.45, 7) is 1.62. The van der Waals surface area contributed by atoms with Gasteiger partial charge in [-0.3, -0.25) is 14.9 Å². The van der Waals surface area contributed by atoms with Gasteiger partial charge in [0.1, 0.15) is 0 Å². The number of amides is 1. The zero-order valence-electron chi connectivity index (χ0n) is 10.8. The van der Waals surface area contributed by atoms with Crippen LogP contribution < -0.4 is 5.32 Å². The van der Waals surface area contributed by atoms with Gasteiger partial charge in [-0.1, -0.05) is 23.5 Å². The maximum Gasteiger partial charge on any atom is 0.338 e. The number of rotatable bonds is 4. The van der Waals surface area contributed by atoms with Crippen LogP contribution >= 0.6 is 11.3 Å². The Balaban J connectivity index is 2.29. The Morgan fingerprint density at radius 2 is 2.10 bits per heavy atom. The molecule has 21 heavy (non-hydrogen) atoms. The molecule has 1 heterocycles. The number of hydrogen-bond donors (Lipinski definition) is 2. The number of benzene rings is 1. The van der Waals surface area contributed by atoms with Gasteiger partial charge in [0.25, 0.3) is 5.91 Å². The molecule has 2 rings (SSSR count). The number of nitro groups is 1. The number of hydrogen-bond acceptors (Lipinski definition) is 5. The van der Waals surface area contributed by atoms with Gasteiger partial charge in [0.2, 0.25) is 0 Å². The van der Waals surface area contributed by atoms with Crippen molar-refractivity contribution in [1.82, 2.24) is 0 Å². The molecule has 0 aliphatic carbocycles. The van der Waals surface area contributed by atoms with Crippen LogP contribution in [0.4, 0.5) is 10.7 Å². The first-order valence-electron chi connectivity index (χ1n) is 5.77. The highest BCUT2D eigenvalue weighted by atomic mass is 32.1. The van der Waals surface area contributed by atoms with Crippen LogP contribution in [0.5, 0.6) is 0 Å². The van der Waals surface area contributed by atoms with Gasteiger partial charge in [-0.15, -0.1) is 0 Å². The Morgan fingerprint density at radius 1 is 1.38 bits per heavy atom. The molecule has 0 aliphatic heterocycles. The Bertz CT molecular complexity index is 738. The van der Waals surface area contributed by atoms with E-state index < -0.39 is 16.8 Å². The third kappa shape index (κ3) is 3.06. The molecule has 1 aromatic carbocycles. The topological polar surface area (TPSA) is 110 Å². The molecular formula is C13H10N2O5S. The van der Waals surface area contributed by atoms with Crippen LogP contribution in [0.25, 0.3) is 0 Å². The van der Waals surface area contributed by atoms with Crippen molar-refractivity contribution < 1.29 is 19.6 Å². The van der Waals surface area contributed by atoms with Crippen molar-refractivity contribution >= 4 is 33.9 Å². The molecule has 0 spiro atoms. The van der Waals surface area contributed by atoms with Gasteiger partial charge in [-0.05, 0) is 18.6 Å². The minimum Gasteiger partial charge on any atom is -0.478 e. The third-order valence-corrected chi connectivity index (χ3v) is 3.64. The summed E-state index contributed by atoms with van der Waals surface area (Å²) < 4.78 is 0. The maximum absolute atomic E-state index is 12.0. The van der Waals surface area contributed by atoms with E-state index in [4.69, 9.17) is 5.11 Å². The number of carbonyl (C=O) groups is 2. The summed E-state index contributed by atoms with van der Waals surface area (Å²) >= 11 is 0.834. The van der Waals surface area contributed by atoms with Crippen molar-refractivity contribution in [3.8, 4) is 0 Å². The van der Waals surface area contributed by atoms with E-state index in [0.29, 0.717) is 5.56 Å². The second kappa shape index (κ2) is 5.71. The summed E-state index contributed by atoms with van der Waals surface area (Å²) in [5.74, 6) is -1.74. The predicted octanol–water partition coefficient (Wildman–Crippen LogP) is 2.92. The number of anilines is 1. The highest BCUT2D eigenvalue weighted by Crippen LogP contribution is 2.25. The summed E-state index contributed by atoms with van der Waals surface area (Å²) in [6, 6.07) is 5.85. The maximum atomic E-state index is 12.0. The number of carboxylic acid groups (broad SMARTS) is 1. The van der Waals surface area contributed by atoms with E-state index in [1.807, 2.05) is 0 Å². The fourth-order valence-electron chi connectivity index (χ4n) is 1.79. The summed E-state index contributed by atoms with van der Waals surface area (Å²) in [6.07, 6.45) is 0. The van der Waals surface area contributed by atoms with Crippen molar-refractivity contribution in [3.63, 3.8) is 0 Å². The summed E-state index contributed by atoms with van der Waals surface area (Å²) in [5, 5.41) is 23.4. The van der Waals surface area contributed by atoms with Gasteiger partial charge < -0.3 is 10.4 Å². The monoisotopic (exact) mass is 306 g/mol. The summed E-state index contributed by atoms with van der Waals surface area (Å²) in [5.41, 5.74) is 0.776. The molecule has 0 radical (unpaired) electrons. The molecule has 0 unspecified atom stereocenters. The zero-order chi connectivity index (χ0) is 15.6. The standard InChI is InChI=1S/C13H10N2O5S/c1-7-3-2-4-9(11(7)13(17)18)14-12(16)8-5-10(15(19)20)21-6-8/h2-6H,1H3,(H,14,16)(H,17,18). The lowest BCUT2D eigenvalue weighted by molar-refractivity contribution is -0.380. The smallest absolute Gasteiger partial charge is 0.338 e. The predicted molar refractivity (Wildman–Crippen MR) is 77.1 cm³/mol. The fourth-order valence-corrected chi connectivity index (χ4v) is 2.49. The van der Waals surface area contributed by atoms with E-state index in [2.05, 4.69) is 5.32 Å². The highest BCUT2D eigenvalue weighted by molar-refractivity contribution is 7.13. The zero-order valence-corrected chi connectivity index (χ0v) is 11.6. The van der Waals surface area contributed by atoms with Gasteiger partial charge in [-0.25, -0.2) is 4.79 Å². The van der Waals surface area contributed by atoms with Gasteiger partial charge >= 0.3 is 11.0 Å². The van der Waals surface area contributed by atoms with E-state index in [-0.39, 0.29) is 21.8 Å². The number of thiophene rings is 1. The van der Waals surface area contributed by atoms with Gasteiger partial charge in [0.05, 0.1) is 21.7 Å². The number of nitrogens with one attached hydrogen (secondary N) is 1. The lowest BCUT2D eigenvalue weighted by Crippen LogP contribution is -2.15. The molecule has 0 aliphatic rings. The second-order valence-corrected chi connectivity index (χ2v) is 5.08. The normalized spacial score (nSPS) is 10.1. The van der Waals surface area contributed by atoms with Gasteiger partial charge in [0.15, 0.2) is 0 Å². The number of nitrogens with zero attached hydrogens (tertiary/aromatic N) is 1. The van der Waals surface area contributed by atoms with Crippen LogP contribution in [0.15, 0.2) is 29.6 Å². The molecular weight excluding hydrogens is 296 g/mol. The van der Waals surface area contributed by atoms with Crippen LogP contribution in [0, 0.1) is 17.0 Å². The van der Waals surface area contributed by atoms with Crippen LogP contribution in [0.2, 0.25) is 0 Å². The number of aryl methyl sites for hydroxylation is 1. The van der Waals surface area contributed by atoms with E-state index in [9.17, 15) is 19.7 Å². The Kier molecular flexibility index (Phi) is 3.99. The molecule has 2 aromatic rings. The first-order valence-corrected chi connectivity index (χ1v) is 6.65. The van der Waals surface area contributed by atoms with Crippen LogP contribution in [0.1, 0.15) is 26.3 Å². The fraction of sp³-hybridized carbons (Fsp3) is 0.0769. The van der Waals surface area contributed by atoms with Crippen molar-refractivity contribution in [2.75, 3.05) is 5.32 Å². The van der Waals surface area contributed by atoms with E-state index in [1.165, 1.54) is 11.4 Å². The van der Waals surface area contributed by atoms with Crippen molar-refractivity contribution in [2.45, 2.75) is 6.92 Å². The van der Waals surface area contributed by atoms with Crippen LogP contribution in [-0.2, 0) is 0 Å². The molecule has 0 fully saturated rings. The SMILES string of the molecule is Cc1cccc(NC(=O)c2csc([N+](=O)[O-])c2)c1C(=O)O. The minimum atomic E-state index is -1.15. The minimum absolute atomic E-state index is 0.00409. The molecule has 0 bridgehead atoms. The molecule has 0 atom stereocenters. The van der Waals surface area contributed by atoms with Gasteiger partial charge in [0, 0.05) is 11.4 Å². The van der Waals surface area contributed by atoms with Crippen molar-refractivity contribution in [1.29, 1.82) is 0 Å². The molecule has 2 N–H and O–H groups in total. The number of carbonyl (C=O) groups excluding carboxylic acids is 1. The molecule has 1 aromatic heterocycles. The molecule has 0 saturated carbocycles. The summed E-state index contributed by atoms with van der Waals surface area (Å²) in [7, 11) is 0. The summed E-state index contributed by atoms with van der Waals surface area (Å²) in [4.78, 5) is 33.2. The Hall–Kier alpha value is -2.74. The lowest BCUT2D eigenvalue weighted by Gasteiger charge is -2.09. The lowest BCUT2D eigenvalue weighted by atomic mass is 10.1. The quantitative estimate of drug-likeness (QED) is 0.666. The van der Waals surface area contributed by atoms with Crippen LogP contribution in [0.3, 0.4) is 0 Å². The van der Waals surface area contributed by atoms with E-state index >= 15 is 0 Å². The Morgan fingerprint density at radius 3 is 2.67 bits per heavy atom. The average molecular weight is 306 g/mol. The Labute approximate surface area is 123 Å². The first-order chi connectivity index (χ1) is 9.90. The van der Waals surface area contributed by atoms with Crippen molar-refractivity contribution in [3.05, 3.63) is 56.5 Å². The molecule has 1 amide bonds. The largest absolute Gasteiger partial charge is 0.478 e. The average Bonchev–Trinajstić information content (AvgIpc) is 2.88. The van der Waals surface area contributed by atoms with Crippen molar-refractivity contribution in [2.24, 2.45) is 0 Å². The molecule has 0 saturated heterocycles. The highest BCUT2D eigenvalue weighted by Gasteiger charge is 2.18. The molecule has 7 nitrogen and oxygen atoms in total. The second-order valence-electron chi connectivity index (χ2n) is 4.19.